The van der Waals surface area contributed by atoms with Gasteiger partial charge >= 0.3 is 19.8 Å². The summed E-state index contributed by atoms with van der Waals surface area (Å²) in [5, 5.41) is 0. The molecule has 2 atom stereocenters. The number of phosphoric acid groups is 1. The van der Waals surface area contributed by atoms with E-state index in [1.807, 2.05) is 21.1 Å². The van der Waals surface area contributed by atoms with Crippen LogP contribution in [0.3, 0.4) is 0 Å². The topological polar surface area (TPSA) is 108 Å². The number of carbonyl (C=O) groups excluding carboxylic acids is 2. The molecule has 544 valence electrons. The zero-order valence-corrected chi connectivity index (χ0v) is 63.1. The van der Waals surface area contributed by atoms with E-state index >= 15 is 0 Å². The largest absolute Gasteiger partial charge is 0.472 e. The molecule has 0 saturated carbocycles. The maximum absolute atomic E-state index is 12.9. The molecule has 0 aliphatic heterocycles. The molecular formula is C84H151NO8P+. The van der Waals surface area contributed by atoms with Crippen molar-refractivity contribution in [3.8, 4) is 0 Å². The fraction of sp³-hybridized carbons (Fsp3) is 0.762. The lowest BCUT2D eigenvalue weighted by Gasteiger charge is -2.24. The lowest BCUT2D eigenvalue weighted by molar-refractivity contribution is -0.870. The average molecular weight is 1330 g/mol. The van der Waals surface area contributed by atoms with Gasteiger partial charge in [-0.05, 0) is 83.5 Å². The minimum atomic E-state index is -4.41. The summed E-state index contributed by atoms with van der Waals surface area (Å²) < 4.78 is 34.7. The molecule has 0 spiro atoms. The van der Waals surface area contributed by atoms with Crippen LogP contribution in [0.15, 0.2) is 109 Å². The van der Waals surface area contributed by atoms with Crippen LogP contribution < -0.4 is 0 Å². The number of allylic oxidation sites excluding steroid dienone is 18. The fourth-order valence-electron chi connectivity index (χ4n) is 11.3. The van der Waals surface area contributed by atoms with Crippen LogP contribution in [0.2, 0.25) is 0 Å². The number of phosphoric ester groups is 1. The maximum Gasteiger partial charge on any atom is 0.472 e. The van der Waals surface area contributed by atoms with Gasteiger partial charge < -0.3 is 18.9 Å². The molecule has 0 aliphatic rings. The van der Waals surface area contributed by atoms with Crippen molar-refractivity contribution in [3.05, 3.63) is 109 Å². The van der Waals surface area contributed by atoms with Gasteiger partial charge in [0.1, 0.15) is 19.8 Å². The van der Waals surface area contributed by atoms with E-state index in [1.54, 1.807) is 0 Å². The van der Waals surface area contributed by atoms with Crippen molar-refractivity contribution in [1.82, 2.24) is 0 Å². The summed E-state index contributed by atoms with van der Waals surface area (Å²) in [6.45, 7) is 4.32. The predicted molar refractivity (Wildman–Crippen MR) is 408 cm³/mol. The van der Waals surface area contributed by atoms with E-state index in [-0.39, 0.29) is 32.0 Å². The summed E-state index contributed by atoms with van der Waals surface area (Å²) in [5.41, 5.74) is 0. The number of carbonyl (C=O) groups is 2. The molecule has 0 saturated heterocycles. The maximum atomic E-state index is 12.9. The number of hydrogen-bond acceptors (Lipinski definition) is 7. The Balaban J connectivity index is 4.00. The molecule has 0 bridgehead atoms. The Labute approximate surface area is 582 Å². The SMILES string of the molecule is CC/C=C\C/C=C\C/C=C\C/C=C\C/C=C\C/C=C\C/C=C\C/C=C\C/C=C\CCCCCC(=O)OC(COC(=O)CCCCCCCCCCCCCCCCCCCCCCCCCCCCCCCCCCCCCCCCC)COP(=O)(O)OCC[N+](C)(C)C. The second kappa shape index (κ2) is 73.9. The van der Waals surface area contributed by atoms with Crippen LogP contribution in [0.1, 0.15) is 361 Å². The van der Waals surface area contributed by atoms with Crippen LogP contribution in [-0.2, 0) is 32.7 Å². The predicted octanol–water partition coefficient (Wildman–Crippen LogP) is 26.4. The van der Waals surface area contributed by atoms with Crippen molar-refractivity contribution in [3.63, 3.8) is 0 Å². The van der Waals surface area contributed by atoms with E-state index in [2.05, 4.69) is 123 Å². The monoisotopic (exact) mass is 1330 g/mol. The molecule has 0 rings (SSSR count). The molecule has 94 heavy (non-hydrogen) atoms. The van der Waals surface area contributed by atoms with Crippen LogP contribution in [0.25, 0.3) is 0 Å². The van der Waals surface area contributed by atoms with Gasteiger partial charge in [0.15, 0.2) is 6.10 Å². The highest BCUT2D eigenvalue weighted by atomic mass is 31.2. The van der Waals surface area contributed by atoms with Gasteiger partial charge in [0.05, 0.1) is 27.7 Å². The Morgan fingerprint density at radius 3 is 0.904 bits per heavy atom. The summed E-state index contributed by atoms with van der Waals surface area (Å²) in [4.78, 5) is 35.9. The number of quaternary nitrogens is 1. The Bertz CT molecular complexity index is 1960. The first-order chi connectivity index (χ1) is 46.0. The molecule has 0 aromatic rings. The van der Waals surface area contributed by atoms with E-state index in [4.69, 9.17) is 18.5 Å². The third-order valence-electron chi connectivity index (χ3n) is 17.3. The number of rotatable bonds is 73. The van der Waals surface area contributed by atoms with Crippen LogP contribution >= 0.6 is 7.82 Å². The van der Waals surface area contributed by atoms with Gasteiger partial charge in [0.2, 0.25) is 0 Å². The second-order valence-electron chi connectivity index (χ2n) is 27.7. The van der Waals surface area contributed by atoms with Crippen LogP contribution in [0.4, 0.5) is 0 Å². The minimum Gasteiger partial charge on any atom is -0.462 e. The molecule has 1 N–H and O–H groups in total. The molecule has 2 unspecified atom stereocenters. The van der Waals surface area contributed by atoms with Crippen molar-refractivity contribution in [2.45, 2.75) is 367 Å². The molecule has 9 nitrogen and oxygen atoms in total. The van der Waals surface area contributed by atoms with Crippen LogP contribution in [0.5, 0.6) is 0 Å². The lowest BCUT2D eigenvalue weighted by atomic mass is 10.0. The van der Waals surface area contributed by atoms with Crippen molar-refractivity contribution in [2.24, 2.45) is 0 Å². The van der Waals surface area contributed by atoms with E-state index in [9.17, 15) is 19.0 Å². The highest BCUT2D eigenvalue weighted by molar-refractivity contribution is 7.47. The number of likely N-dealkylation sites (N-methyl/N-ethyl adjacent to an activating group) is 1. The Kier molecular flexibility index (Phi) is 71.3. The Morgan fingerprint density at radius 2 is 0.606 bits per heavy atom. The Hall–Kier alpha value is -3.33. The first kappa shape index (κ1) is 90.7. The van der Waals surface area contributed by atoms with E-state index in [0.717, 1.165) is 96.3 Å². The van der Waals surface area contributed by atoms with Crippen molar-refractivity contribution in [2.75, 3.05) is 47.5 Å². The summed E-state index contributed by atoms with van der Waals surface area (Å²) in [5.74, 6) is -0.829. The zero-order valence-electron chi connectivity index (χ0n) is 62.2. The van der Waals surface area contributed by atoms with Gasteiger partial charge in [-0.1, -0.05) is 374 Å². The molecule has 0 aromatic carbocycles. The normalized spacial score (nSPS) is 13.6. The molecule has 0 aromatic heterocycles. The highest BCUT2D eigenvalue weighted by Gasteiger charge is 2.27. The van der Waals surface area contributed by atoms with Gasteiger partial charge in [-0.15, -0.1) is 0 Å². The third kappa shape index (κ3) is 77.7. The van der Waals surface area contributed by atoms with Crippen molar-refractivity contribution < 1.29 is 42.1 Å². The fourth-order valence-corrected chi connectivity index (χ4v) is 12.0. The van der Waals surface area contributed by atoms with Gasteiger partial charge in [-0.2, -0.15) is 0 Å². The minimum absolute atomic E-state index is 0.0207. The number of ether oxygens (including phenoxy) is 2. The average Bonchev–Trinajstić information content (AvgIpc) is 1.66. The summed E-state index contributed by atoms with van der Waals surface area (Å²) >= 11 is 0. The Morgan fingerprint density at radius 1 is 0.340 bits per heavy atom. The van der Waals surface area contributed by atoms with Crippen molar-refractivity contribution in [1.29, 1.82) is 0 Å². The second-order valence-corrected chi connectivity index (χ2v) is 29.2. The van der Waals surface area contributed by atoms with Crippen LogP contribution in [0, 0.1) is 0 Å². The highest BCUT2D eigenvalue weighted by Crippen LogP contribution is 2.43. The van der Waals surface area contributed by atoms with Crippen LogP contribution in [-0.4, -0.2) is 74.9 Å². The van der Waals surface area contributed by atoms with E-state index < -0.39 is 26.5 Å². The molecule has 0 aliphatic carbocycles. The number of nitrogens with zero attached hydrogens (tertiary/aromatic N) is 1. The lowest BCUT2D eigenvalue weighted by Crippen LogP contribution is -2.37. The quantitative estimate of drug-likeness (QED) is 0.0211. The molecule has 0 heterocycles. The van der Waals surface area contributed by atoms with Gasteiger partial charge in [0, 0.05) is 12.8 Å². The number of unbranched alkanes of at least 4 members (excludes halogenated alkanes) is 41. The van der Waals surface area contributed by atoms with E-state index in [1.165, 1.54) is 231 Å². The number of esters is 2. The summed E-state index contributed by atoms with van der Waals surface area (Å²) in [7, 11) is 1.45. The molecule has 0 fully saturated rings. The molecular weight excluding hydrogens is 1180 g/mol. The first-order valence-corrected chi connectivity index (χ1v) is 41.1. The number of hydrogen-bond donors (Lipinski definition) is 1. The van der Waals surface area contributed by atoms with Crippen molar-refractivity contribution >= 4 is 19.8 Å². The zero-order chi connectivity index (χ0) is 68.3. The summed E-state index contributed by atoms with van der Waals surface area (Å²) in [6.07, 6.45) is 105. The van der Waals surface area contributed by atoms with E-state index in [0.29, 0.717) is 17.4 Å². The smallest absolute Gasteiger partial charge is 0.462 e. The summed E-state index contributed by atoms with van der Waals surface area (Å²) in [6, 6.07) is 0. The standard InChI is InChI=1S/C84H150NO8P/c1-6-8-10-12-14-16-18-20-22-24-26-28-30-32-34-36-38-39-40-41-42-43-44-45-47-48-50-52-54-56-58-60-62-64-66-68-70-72-74-76-83(86)90-80-82(81-92-94(88,89)91-79-78-85(3,4)5)93-84(87)77-75-73-71-69-67-65-63-61-59-57-55-53-51-49-46-37-35-33-31-29-27-25-23-21-19-17-15-13-11-9-7-2/h9,11,15,17,21,23,27,29,33,35,46,49,53,55,59,61,65,67,82H,6-8,10,12-14,16,18-20,22,24-26,28,30-32,34,36-45,47-48,50-52,54,56-58,60,62-64,66,68-81H2,1-5H3/p+1/b11-9-,17-15-,23-21-,29-27-,35-33-,49-46-,55-53-,61-59-,67-65-. The van der Waals surface area contributed by atoms with Gasteiger partial charge in [-0.3, -0.25) is 18.6 Å². The molecule has 10 heteroatoms. The first-order valence-electron chi connectivity index (χ1n) is 39.6. The molecule has 0 radical (unpaired) electrons. The van der Waals surface area contributed by atoms with Gasteiger partial charge in [-0.25, -0.2) is 4.57 Å². The molecule has 0 amide bonds. The van der Waals surface area contributed by atoms with Gasteiger partial charge in [0.25, 0.3) is 0 Å². The third-order valence-corrected chi connectivity index (χ3v) is 18.3.